The number of aliphatic imine (C=N–C) groups is 3. The molecule has 2 amide bonds. The van der Waals surface area contributed by atoms with Crippen molar-refractivity contribution in [2.45, 2.75) is 149 Å². The van der Waals surface area contributed by atoms with Crippen LogP contribution in [0.3, 0.4) is 0 Å². The van der Waals surface area contributed by atoms with Gasteiger partial charge in [0.2, 0.25) is 0 Å². The monoisotopic (exact) mass is 1600 g/mol. The number of ether oxygens (including phenoxy) is 6. The molecule has 0 saturated heterocycles. The second-order valence-electron chi connectivity index (χ2n) is 28.1. The molecule has 0 bridgehead atoms. The van der Waals surface area contributed by atoms with Crippen molar-refractivity contribution in [2.75, 3.05) is 75.0 Å². The lowest BCUT2D eigenvalue weighted by atomic mass is 9.85. The highest BCUT2D eigenvalue weighted by Gasteiger charge is 2.32. The number of esters is 3. The summed E-state index contributed by atoms with van der Waals surface area (Å²) in [5.41, 5.74) is 46.2. The topological polar surface area (TPSA) is 608 Å². The number of nitrogens with two attached hydrogens (primary N) is 8. The highest BCUT2D eigenvalue weighted by molar-refractivity contribution is 5.94. The van der Waals surface area contributed by atoms with Crippen molar-refractivity contribution in [3.05, 3.63) is 108 Å². The Balaban J connectivity index is 0.000000535. The number of fused-ring (bicyclic) bond motifs is 3. The lowest BCUT2D eigenvalue weighted by Gasteiger charge is -2.20. The van der Waals surface area contributed by atoms with Crippen LogP contribution in [-0.2, 0) is 105 Å². The fourth-order valence-corrected chi connectivity index (χ4v) is 11.3. The number of ketones is 5. The molecule has 0 saturated carbocycles. The van der Waals surface area contributed by atoms with Crippen LogP contribution in [0.5, 0.6) is 0 Å². The van der Waals surface area contributed by atoms with Gasteiger partial charge in [-0.1, -0.05) is 54.6 Å². The minimum atomic E-state index is -1.17. The fraction of sp³-hybridized carbons (Fsp3) is 0.506. The van der Waals surface area contributed by atoms with Crippen LogP contribution in [0.1, 0.15) is 129 Å². The zero-order chi connectivity index (χ0) is 85.5. The average molecular weight is 1600 g/mol. The molecule has 37 nitrogen and oxygen atoms in total. The molecule has 6 atom stereocenters. The summed E-state index contributed by atoms with van der Waals surface area (Å²) in [7, 11) is 7.10. The first-order chi connectivity index (χ1) is 53.9. The Labute approximate surface area is 662 Å². The molecule has 6 rings (SSSR count). The van der Waals surface area contributed by atoms with E-state index in [1.165, 1.54) is 21.3 Å². The molecule has 3 heterocycles. The van der Waals surface area contributed by atoms with Gasteiger partial charge >= 0.3 is 36.1 Å². The number of hydrogen-bond acceptors (Lipinski definition) is 25. The maximum absolute atomic E-state index is 13.5. The molecule has 6 aromatic rings. The Kier molecular flexibility index (Phi) is 45.7. The molecule has 37 heteroatoms. The number of amides is 2. The molecule has 0 fully saturated rings. The first kappa shape index (κ1) is 98.7. The van der Waals surface area contributed by atoms with E-state index in [9.17, 15) is 52.7 Å². The van der Waals surface area contributed by atoms with Crippen molar-refractivity contribution in [1.29, 1.82) is 0 Å². The van der Waals surface area contributed by atoms with Crippen molar-refractivity contribution < 1.29 is 101 Å². The summed E-state index contributed by atoms with van der Waals surface area (Å²) in [6.45, 7) is 9.86. The van der Waals surface area contributed by atoms with Gasteiger partial charge in [-0.25, -0.2) is 20.3 Å². The number of hydrogen-bond donors (Lipinski definition) is 14. The third-order valence-corrected chi connectivity index (χ3v) is 16.4. The number of rotatable bonds is 42. The smallest absolute Gasteiger partial charge is 0.431 e. The fourth-order valence-electron chi connectivity index (χ4n) is 11.3. The molecule has 6 unspecified atom stereocenters. The molecule has 114 heavy (non-hydrogen) atoms. The second kappa shape index (κ2) is 52.8. The minimum Gasteiger partial charge on any atom is -0.479 e. The highest BCUT2D eigenvalue weighted by Crippen LogP contribution is 2.29. The number of H-pyrrole nitrogens is 3. The molecule has 0 aliphatic carbocycles. The van der Waals surface area contributed by atoms with Crippen LogP contribution in [-0.4, -0.2) is 195 Å². The number of nitrogens with zero attached hydrogens (tertiary/aromatic N) is 3. The summed E-state index contributed by atoms with van der Waals surface area (Å²) >= 11 is 0. The largest absolute Gasteiger partial charge is 0.479 e. The number of carbonyl (C=O) groups excluding carboxylic acids is 10. The number of guanidine groups is 3. The third-order valence-electron chi connectivity index (χ3n) is 16.4. The molecular weight excluding hydrogens is 1480 g/mol. The number of aromatic amines is 3. The van der Waals surface area contributed by atoms with Crippen molar-refractivity contribution in [2.24, 2.45) is 90.6 Å². The number of carboxylic acids is 1. The van der Waals surface area contributed by atoms with Gasteiger partial charge in [-0.3, -0.25) is 67.8 Å². The van der Waals surface area contributed by atoms with E-state index in [4.69, 9.17) is 79.7 Å². The normalized spacial score (nSPS) is 12.5. The van der Waals surface area contributed by atoms with Crippen molar-refractivity contribution in [3.8, 4) is 0 Å². The molecule has 22 N–H and O–H groups in total. The maximum atomic E-state index is 13.5. The molecule has 0 aliphatic rings. The zero-order valence-electron chi connectivity index (χ0n) is 66.8. The summed E-state index contributed by atoms with van der Waals surface area (Å²) in [6.07, 6.45) is 7.35. The van der Waals surface area contributed by atoms with E-state index in [2.05, 4.69) is 49.8 Å². The van der Waals surface area contributed by atoms with Crippen LogP contribution in [0, 0.1) is 29.6 Å². The van der Waals surface area contributed by atoms with Gasteiger partial charge in [0.05, 0.1) is 45.1 Å². The van der Waals surface area contributed by atoms with E-state index in [1.807, 2.05) is 96.9 Å². The molecular formula is C77H116N16O21. The molecule has 0 spiro atoms. The number of para-hydroxylation sites is 3. The standard InChI is InChI=1S/C27H39N5O7.C22H31N5O5.C19H27N5O3.C7H13NO5.C2H6O/c1-27(2,3)39-26(36)32-38-16-20(33)13-18(12-19-15-31-22-10-6-5-9-21(19)22)23(34)14-17(24(35)37-4)8-7-11-30-25(28)29;1-31-21(30)14(5-4-8-26-22(23)24)11-20(29)15(10-17(28)13-32-25)9-16-12-27-19-7-3-2-6-18(16)19;1-27-18(26)12(5-4-8-23-19(21)22)10-17(25)15(20)9-13-11-24-16-7-3-2-6-14(13)16;1-7(2,3)13-6(11)8-12-4-5(9)10;1-3-2/h5-6,9-10,15,17-18,31H,7-8,11-14,16H2,1-4H3,(H,32,36)(H4,28,29,30);2-3,6-7,12,14-15,27H,4-5,8-11,13,25H2,1H3,(H4,23,24,26);2-3,6-7,11-12,15,24H,4-5,8-10,20H2,1H3,(H4,21,22,23);4H2,1-3H3,(H,8,11)(H,9,10);1-2H3. The SMILES string of the molecule is CC(C)(C)OC(=O)NOCC(=O)O.COC.COC(=O)C(CCCN=C(N)N)CC(=O)C(CC(=O)CON)Cc1c[nH]c2ccccc12.COC(=O)C(CCCN=C(N)N)CC(=O)C(CC(=O)CONC(=O)OC(C)(C)C)Cc1c[nH]c2ccccc12.COC(=O)C(CCCN=C(N)N)CC(=O)C(N)Cc1c[nH]c2ccccc12. The zero-order valence-corrected chi connectivity index (χ0v) is 66.8. The lowest BCUT2D eigenvalue weighted by molar-refractivity contribution is -0.148. The Morgan fingerprint density at radius 3 is 1.05 bits per heavy atom. The van der Waals surface area contributed by atoms with Gasteiger partial charge in [0.25, 0.3) is 0 Å². The number of carboxylic acid groups (broad SMARTS) is 1. The Hall–Kier alpha value is -11.4. The average Bonchev–Trinajstić information content (AvgIpc) is 1.86. The Bertz CT molecular complexity index is 4110. The Morgan fingerprint density at radius 2 is 0.746 bits per heavy atom. The summed E-state index contributed by atoms with van der Waals surface area (Å²) in [5.74, 6) is -2.22. The number of hydroxylamine groups is 2. The van der Waals surface area contributed by atoms with Crippen molar-refractivity contribution in [1.82, 2.24) is 25.9 Å². The molecule has 630 valence electrons. The first-order valence-electron chi connectivity index (χ1n) is 36.5. The third kappa shape index (κ3) is 40.7. The number of carbonyl (C=O) groups is 11. The lowest BCUT2D eigenvalue weighted by Crippen LogP contribution is -2.35. The van der Waals surface area contributed by atoms with E-state index >= 15 is 0 Å². The quantitative estimate of drug-likeness (QED) is 0.00588. The van der Waals surface area contributed by atoms with Crippen LogP contribution in [0.25, 0.3) is 32.7 Å². The molecule has 3 aromatic carbocycles. The van der Waals surface area contributed by atoms with Gasteiger partial charge in [-0.15, -0.1) is 0 Å². The van der Waals surface area contributed by atoms with Crippen LogP contribution in [0.15, 0.2) is 106 Å². The highest BCUT2D eigenvalue weighted by atomic mass is 16.7. The summed E-state index contributed by atoms with van der Waals surface area (Å²) in [5, 5.41) is 11.1. The van der Waals surface area contributed by atoms with E-state index in [-0.39, 0.29) is 86.1 Å². The summed E-state index contributed by atoms with van der Waals surface area (Å²) in [6, 6.07) is 22.5. The minimum absolute atomic E-state index is 0.00134. The summed E-state index contributed by atoms with van der Waals surface area (Å²) in [4.78, 5) is 168. The number of benzene rings is 3. The van der Waals surface area contributed by atoms with Gasteiger partial charge in [0.1, 0.15) is 36.0 Å². The van der Waals surface area contributed by atoms with Gasteiger partial charge in [0, 0.05) is 129 Å². The summed E-state index contributed by atoms with van der Waals surface area (Å²) < 4.78 is 28.7. The van der Waals surface area contributed by atoms with E-state index < -0.39 is 102 Å². The number of aromatic nitrogens is 3. The predicted molar refractivity (Wildman–Crippen MR) is 427 cm³/mol. The molecule has 0 radical (unpaired) electrons. The second-order valence-corrected chi connectivity index (χ2v) is 28.1. The maximum Gasteiger partial charge on any atom is 0.431 e. The first-order valence-corrected chi connectivity index (χ1v) is 36.5. The van der Waals surface area contributed by atoms with E-state index in [0.29, 0.717) is 71.0 Å². The van der Waals surface area contributed by atoms with E-state index in [0.717, 1.165) is 49.4 Å². The van der Waals surface area contributed by atoms with Crippen LogP contribution in [0.4, 0.5) is 9.59 Å². The number of Topliss-reactive ketones (excluding diaryl/α,β-unsaturated/α-hetero) is 5. The number of nitrogens with one attached hydrogen (secondary N) is 5. The van der Waals surface area contributed by atoms with Gasteiger partial charge < -0.3 is 88.6 Å². The Morgan fingerprint density at radius 1 is 0.439 bits per heavy atom. The van der Waals surface area contributed by atoms with Gasteiger partial charge in [0.15, 0.2) is 41.8 Å². The number of methoxy groups -OCH3 is 4. The predicted octanol–water partition coefficient (Wildman–Crippen LogP) is 5.15. The molecule has 0 aliphatic heterocycles. The molecule has 3 aromatic heterocycles. The number of aliphatic carboxylic acids is 1. The van der Waals surface area contributed by atoms with Crippen molar-refractivity contribution >= 4 is 116 Å². The van der Waals surface area contributed by atoms with Crippen LogP contribution in [0.2, 0.25) is 0 Å². The van der Waals surface area contributed by atoms with Crippen molar-refractivity contribution in [3.63, 3.8) is 0 Å². The van der Waals surface area contributed by atoms with Crippen LogP contribution < -0.4 is 57.0 Å². The van der Waals surface area contributed by atoms with E-state index in [1.54, 1.807) is 55.8 Å². The van der Waals surface area contributed by atoms with Crippen LogP contribution >= 0.6 is 0 Å². The van der Waals surface area contributed by atoms with Gasteiger partial charge in [-0.05, 0) is 134 Å². The van der Waals surface area contributed by atoms with Gasteiger partial charge in [-0.2, -0.15) is 11.0 Å².